The van der Waals surface area contributed by atoms with E-state index in [9.17, 15) is 9.59 Å². The monoisotopic (exact) mass is 390 g/mol. The van der Waals surface area contributed by atoms with E-state index in [0.29, 0.717) is 27.7 Å². The van der Waals surface area contributed by atoms with Gasteiger partial charge in [-0.15, -0.1) is 34.4 Å². The highest BCUT2D eigenvalue weighted by atomic mass is 32.2. The van der Waals surface area contributed by atoms with Gasteiger partial charge in [-0.1, -0.05) is 0 Å². The zero-order valence-electron chi connectivity index (χ0n) is 13.5. The van der Waals surface area contributed by atoms with E-state index in [2.05, 4.69) is 15.0 Å². The van der Waals surface area contributed by atoms with Gasteiger partial charge in [0.2, 0.25) is 0 Å². The molecule has 0 aliphatic heterocycles. The predicted octanol–water partition coefficient (Wildman–Crippen LogP) is 3.10. The topological polar surface area (TPSA) is 80.1 Å². The summed E-state index contributed by atoms with van der Waals surface area (Å²) in [6.07, 6.45) is 1.72. The number of fused-ring (bicyclic) bond motifs is 2. The van der Waals surface area contributed by atoms with Crippen LogP contribution >= 0.6 is 34.4 Å². The summed E-state index contributed by atoms with van der Waals surface area (Å²) in [6, 6.07) is 1.55. The van der Waals surface area contributed by atoms with Crippen molar-refractivity contribution in [2.75, 3.05) is 0 Å². The molecule has 4 heterocycles. The Balaban J connectivity index is 1.54. The minimum atomic E-state index is -0.0844. The quantitative estimate of drug-likeness (QED) is 0.579. The van der Waals surface area contributed by atoms with Crippen LogP contribution in [0.1, 0.15) is 22.0 Å². The Hall–Kier alpha value is -1.97. The van der Waals surface area contributed by atoms with E-state index in [-0.39, 0.29) is 11.1 Å². The number of aryl methyl sites for hydroxylation is 2. The number of aromatic amines is 1. The number of rotatable bonds is 4. The van der Waals surface area contributed by atoms with Crippen LogP contribution in [0.15, 0.2) is 27.2 Å². The highest BCUT2D eigenvalue weighted by molar-refractivity contribution is 7.97. The predicted molar refractivity (Wildman–Crippen MR) is 104 cm³/mol. The molecule has 0 amide bonds. The highest BCUT2D eigenvalue weighted by Gasteiger charge is 2.12. The lowest BCUT2D eigenvalue weighted by molar-refractivity contribution is 1.03. The largest absolute Gasteiger partial charge is 0.309 e. The number of nitrogens with one attached hydrogen (secondary N) is 1. The molecule has 0 aromatic carbocycles. The molecule has 0 bridgehead atoms. The van der Waals surface area contributed by atoms with Crippen molar-refractivity contribution in [2.45, 2.75) is 25.4 Å². The van der Waals surface area contributed by atoms with Gasteiger partial charge in [-0.2, -0.15) is 0 Å². The fourth-order valence-corrected chi connectivity index (χ4v) is 5.16. The van der Waals surface area contributed by atoms with Gasteiger partial charge in [-0.05, 0) is 19.4 Å². The number of nitrogens with zero attached hydrogens (tertiary/aromatic N) is 3. The standard InChI is InChI=1S/C16H14N4O2S3/c1-8-9(2)25-15-13(8)14(22)18-11(19-15)7-23-6-10-5-12(21)20-3-4-24-16(20)17-10/h3-5H,6-7H2,1-2H3,(H,18,19,22). The average molecular weight is 391 g/mol. The number of thiophene rings is 1. The molecule has 0 saturated carbocycles. The molecule has 0 fully saturated rings. The molecule has 4 aromatic heterocycles. The summed E-state index contributed by atoms with van der Waals surface area (Å²) in [4.78, 5) is 38.8. The van der Waals surface area contributed by atoms with Crippen molar-refractivity contribution in [3.8, 4) is 0 Å². The van der Waals surface area contributed by atoms with Crippen molar-refractivity contribution in [2.24, 2.45) is 0 Å². The first-order valence-corrected chi connectivity index (χ1v) is 10.4. The lowest BCUT2D eigenvalue weighted by atomic mass is 10.2. The fourth-order valence-electron chi connectivity index (χ4n) is 2.58. The molecule has 4 aromatic rings. The normalized spacial score (nSPS) is 11.6. The molecule has 0 radical (unpaired) electrons. The van der Waals surface area contributed by atoms with Gasteiger partial charge in [0.25, 0.3) is 11.1 Å². The first kappa shape index (κ1) is 16.5. The van der Waals surface area contributed by atoms with E-state index in [1.54, 1.807) is 35.4 Å². The third-order valence-electron chi connectivity index (χ3n) is 3.93. The third kappa shape index (κ3) is 3.03. The van der Waals surface area contributed by atoms with Gasteiger partial charge in [0.15, 0.2) is 4.96 Å². The molecule has 0 saturated heterocycles. The van der Waals surface area contributed by atoms with Crippen LogP contribution in [0.4, 0.5) is 0 Å². The van der Waals surface area contributed by atoms with Gasteiger partial charge in [-0.25, -0.2) is 9.97 Å². The minimum absolute atomic E-state index is 0.0701. The Morgan fingerprint density at radius 1 is 1.24 bits per heavy atom. The van der Waals surface area contributed by atoms with Crippen molar-refractivity contribution in [3.05, 3.63) is 60.3 Å². The Morgan fingerprint density at radius 3 is 2.92 bits per heavy atom. The lowest BCUT2D eigenvalue weighted by Gasteiger charge is -2.02. The number of thioether (sulfide) groups is 1. The van der Waals surface area contributed by atoms with Gasteiger partial charge < -0.3 is 4.98 Å². The van der Waals surface area contributed by atoms with Crippen molar-refractivity contribution < 1.29 is 0 Å². The lowest BCUT2D eigenvalue weighted by Crippen LogP contribution is -2.13. The summed E-state index contributed by atoms with van der Waals surface area (Å²) in [7, 11) is 0. The van der Waals surface area contributed by atoms with Crippen LogP contribution in [-0.2, 0) is 11.5 Å². The maximum Gasteiger partial charge on any atom is 0.259 e. The molecular weight excluding hydrogens is 376 g/mol. The summed E-state index contributed by atoms with van der Waals surface area (Å²) in [5.74, 6) is 1.80. The third-order valence-corrected chi connectivity index (χ3v) is 6.77. The van der Waals surface area contributed by atoms with Crippen LogP contribution in [0.2, 0.25) is 0 Å². The molecule has 0 aliphatic rings. The second-order valence-corrected chi connectivity index (χ2v) is 8.67. The maximum atomic E-state index is 12.3. The fraction of sp³-hybridized carbons (Fsp3) is 0.250. The first-order chi connectivity index (χ1) is 12.0. The van der Waals surface area contributed by atoms with E-state index in [4.69, 9.17) is 0 Å². The first-order valence-electron chi connectivity index (χ1n) is 7.55. The van der Waals surface area contributed by atoms with Crippen LogP contribution in [0.25, 0.3) is 15.2 Å². The molecule has 0 aliphatic carbocycles. The van der Waals surface area contributed by atoms with Gasteiger partial charge >= 0.3 is 0 Å². The molecule has 0 spiro atoms. The van der Waals surface area contributed by atoms with Crippen molar-refractivity contribution in [3.63, 3.8) is 0 Å². The van der Waals surface area contributed by atoms with Gasteiger partial charge in [0.05, 0.1) is 16.8 Å². The minimum Gasteiger partial charge on any atom is -0.309 e. The molecule has 9 heteroatoms. The summed E-state index contributed by atoms with van der Waals surface area (Å²) in [5, 5.41) is 2.53. The summed E-state index contributed by atoms with van der Waals surface area (Å²) in [6.45, 7) is 3.95. The molecule has 1 N–H and O–H groups in total. The van der Waals surface area contributed by atoms with E-state index >= 15 is 0 Å². The molecule has 4 rings (SSSR count). The molecular formula is C16H14N4O2S3. The van der Waals surface area contributed by atoms with Crippen molar-refractivity contribution >= 4 is 49.6 Å². The van der Waals surface area contributed by atoms with E-state index in [0.717, 1.165) is 21.0 Å². The molecule has 128 valence electrons. The smallest absolute Gasteiger partial charge is 0.259 e. The van der Waals surface area contributed by atoms with Crippen molar-refractivity contribution in [1.29, 1.82) is 0 Å². The second-order valence-electron chi connectivity index (χ2n) is 5.61. The van der Waals surface area contributed by atoms with Gasteiger partial charge in [0, 0.05) is 28.3 Å². The summed E-state index contributed by atoms with van der Waals surface area (Å²) >= 11 is 4.56. The van der Waals surface area contributed by atoms with Crippen LogP contribution in [0, 0.1) is 13.8 Å². The highest BCUT2D eigenvalue weighted by Crippen LogP contribution is 2.26. The number of hydrogen-bond acceptors (Lipinski definition) is 7. The van der Waals surface area contributed by atoms with E-state index < -0.39 is 0 Å². The second kappa shape index (κ2) is 6.40. The van der Waals surface area contributed by atoms with Gasteiger partial charge in [0.1, 0.15) is 10.7 Å². The van der Waals surface area contributed by atoms with Crippen LogP contribution in [0.3, 0.4) is 0 Å². The van der Waals surface area contributed by atoms with Crippen LogP contribution in [0.5, 0.6) is 0 Å². The average Bonchev–Trinajstić information content (AvgIpc) is 3.13. The van der Waals surface area contributed by atoms with Gasteiger partial charge in [-0.3, -0.25) is 14.0 Å². The molecule has 6 nitrogen and oxygen atoms in total. The Bertz CT molecular complexity index is 1200. The van der Waals surface area contributed by atoms with Crippen LogP contribution in [-0.4, -0.2) is 19.4 Å². The SMILES string of the molecule is Cc1sc2nc(CSCc3cc(=O)n4ccsc4n3)[nH]c(=O)c2c1C. The number of aromatic nitrogens is 4. The molecule has 25 heavy (non-hydrogen) atoms. The summed E-state index contributed by atoms with van der Waals surface area (Å²) in [5.41, 5.74) is 1.59. The summed E-state index contributed by atoms with van der Waals surface area (Å²) < 4.78 is 1.53. The Kier molecular flexibility index (Phi) is 4.22. The van der Waals surface area contributed by atoms with Crippen LogP contribution < -0.4 is 11.1 Å². The van der Waals surface area contributed by atoms with E-state index in [1.165, 1.54) is 15.7 Å². The van der Waals surface area contributed by atoms with E-state index in [1.807, 2.05) is 19.2 Å². The number of hydrogen-bond donors (Lipinski definition) is 1. The number of H-pyrrole nitrogens is 1. The zero-order valence-corrected chi connectivity index (χ0v) is 16.0. The maximum absolute atomic E-state index is 12.3. The number of thiazole rings is 1. The van der Waals surface area contributed by atoms with Crippen molar-refractivity contribution in [1.82, 2.24) is 19.4 Å². The molecule has 0 unspecified atom stereocenters. The molecule has 0 atom stereocenters. The Labute approximate surface area is 154 Å². The zero-order chi connectivity index (χ0) is 17.6. The Morgan fingerprint density at radius 2 is 2.08 bits per heavy atom.